The van der Waals surface area contributed by atoms with Gasteiger partial charge in [0.05, 0.1) is 36.6 Å². The number of amides is 1. The van der Waals surface area contributed by atoms with Crippen molar-refractivity contribution >= 4 is 35.1 Å². The third-order valence-corrected chi connectivity index (χ3v) is 9.08. The maximum Gasteiger partial charge on any atom is 0.303 e. The third-order valence-electron chi connectivity index (χ3n) is 8.34. The molecule has 1 aliphatic carbocycles. The molecule has 2 aliphatic rings. The van der Waals surface area contributed by atoms with E-state index in [0.717, 1.165) is 35.1 Å². The van der Waals surface area contributed by atoms with Crippen molar-refractivity contribution in [3.05, 3.63) is 63.6 Å². The average Bonchev–Trinajstić information content (AvgIpc) is 2.80. The number of hydrogen-bond donors (Lipinski definition) is 2. The van der Waals surface area contributed by atoms with E-state index in [9.17, 15) is 14.7 Å². The van der Waals surface area contributed by atoms with Crippen molar-refractivity contribution in [1.29, 1.82) is 0 Å². The molecule has 4 atom stereocenters. The van der Waals surface area contributed by atoms with Gasteiger partial charge in [-0.3, -0.25) is 9.59 Å². The Hall–Kier alpha value is -2.28. The SMILES string of the molecule is CC(=O)OC12CC[C@H](NC(=O)Cc3ccc(Cl)c(Cl)c3)C[C@@]1(c1cccc(O)c1)CC[N@@+](C)(CC(C)C)C2. The van der Waals surface area contributed by atoms with Crippen molar-refractivity contribution in [2.75, 3.05) is 26.7 Å². The van der Waals surface area contributed by atoms with E-state index in [2.05, 4.69) is 26.2 Å². The zero-order valence-corrected chi connectivity index (χ0v) is 24.2. The molecule has 0 spiro atoms. The summed E-state index contributed by atoms with van der Waals surface area (Å²) in [5.74, 6) is 0.300. The van der Waals surface area contributed by atoms with Gasteiger partial charge in [0.15, 0.2) is 5.60 Å². The summed E-state index contributed by atoms with van der Waals surface area (Å²) in [6.07, 6.45) is 2.93. The maximum absolute atomic E-state index is 13.1. The number of aromatic hydroxyl groups is 1. The Morgan fingerprint density at radius 1 is 1.16 bits per heavy atom. The second kappa shape index (κ2) is 11.1. The highest BCUT2D eigenvalue weighted by molar-refractivity contribution is 6.42. The number of esters is 1. The van der Waals surface area contributed by atoms with Gasteiger partial charge in [-0.15, -0.1) is 0 Å². The first-order chi connectivity index (χ1) is 17.9. The number of phenolic OH excluding ortho intramolecular Hbond substituents is 1. The molecule has 1 amide bonds. The number of hydrogen-bond acceptors (Lipinski definition) is 4. The van der Waals surface area contributed by atoms with Gasteiger partial charge in [-0.05, 0) is 54.7 Å². The van der Waals surface area contributed by atoms with Crippen LogP contribution in [-0.2, 0) is 26.2 Å². The van der Waals surface area contributed by atoms with Crippen LogP contribution >= 0.6 is 23.2 Å². The van der Waals surface area contributed by atoms with Gasteiger partial charge < -0.3 is 19.6 Å². The molecule has 38 heavy (non-hydrogen) atoms. The summed E-state index contributed by atoms with van der Waals surface area (Å²) < 4.78 is 7.17. The maximum atomic E-state index is 13.1. The molecule has 2 aromatic rings. The van der Waals surface area contributed by atoms with Crippen LogP contribution in [0.25, 0.3) is 0 Å². The lowest BCUT2D eigenvalue weighted by atomic mass is 9.54. The Balaban J connectivity index is 1.66. The monoisotopic (exact) mass is 561 g/mol. The summed E-state index contributed by atoms with van der Waals surface area (Å²) in [5, 5.41) is 14.6. The topological polar surface area (TPSA) is 75.6 Å². The molecule has 0 radical (unpaired) electrons. The molecule has 1 saturated heterocycles. The second-order valence-corrected chi connectivity index (χ2v) is 12.8. The fraction of sp³-hybridized carbons (Fsp3) is 0.533. The molecular formula is C30H39Cl2N2O4+. The average molecular weight is 563 g/mol. The second-order valence-electron chi connectivity index (χ2n) is 12.0. The lowest BCUT2D eigenvalue weighted by Gasteiger charge is -2.61. The summed E-state index contributed by atoms with van der Waals surface area (Å²) in [6, 6.07) is 12.5. The predicted molar refractivity (Wildman–Crippen MR) is 150 cm³/mol. The van der Waals surface area contributed by atoms with E-state index in [1.165, 1.54) is 6.92 Å². The van der Waals surface area contributed by atoms with Crippen LogP contribution in [0.4, 0.5) is 0 Å². The van der Waals surface area contributed by atoms with E-state index in [4.69, 9.17) is 27.9 Å². The smallest absolute Gasteiger partial charge is 0.303 e. The highest BCUT2D eigenvalue weighted by atomic mass is 35.5. The van der Waals surface area contributed by atoms with E-state index in [-0.39, 0.29) is 30.1 Å². The predicted octanol–water partition coefficient (Wildman–Crippen LogP) is 5.66. The van der Waals surface area contributed by atoms with Gasteiger partial charge >= 0.3 is 5.97 Å². The van der Waals surface area contributed by atoms with Crippen LogP contribution in [0, 0.1) is 5.92 Å². The molecular weight excluding hydrogens is 523 g/mol. The van der Waals surface area contributed by atoms with E-state index in [1.54, 1.807) is 24.3 Å². The number of phenols is 1. The van der Waals surface area contributed by atoms with Gasteiger partial charge in [0, 0.05) is 30.7 Å². The van der Waals surface area contributed by atoms with Crippen molar-refractivity contribution in [2.24, 2.45) is 5.92 Å². The molecule has 2 aromatic carbocycles. The number of fused-ring (bicyclic) bond motifs is 1. The fourth-order valence-corrected chi connectivity index (χ4v) is 7.45. The number of nitrogens with zero attached hydrogens (tertiary/aromatic N) is 1. The summed E-state index contributed by atoms with van der Waals surface area (Å²) in [4.78, 5) is 25.7. The summed E-state index contributed by atoms with van der Waals surface area (Å²) in [7, 11) is 2.25. The molecule has 1 unspecified atom stereocenters. The number of piperidine rings is 1. The minimum absolute atomic E-state index is 0.0873. The van der Waals surface area contributed by atoms with Crippen molar-refractivity contribution < 1.29 is 23.9 Å². The number of halogens is 2. The van der Waals surface area contributed by atoms with Gasteiger partial charge in [0.1, 0.15) is 12.3 Å². The van der Waals surface area contributed by atoms with Crippen molar-refractivity contribution in [3.8, 4) is 5.75 Å². The molecule has 206 valence electrons. The Morgan fingerprint density at radius 3 is 2.58 bits per heavy atom. The van der Waals surface area contributed by atoms with Gasteiger partial charge in [0.2, 0.25) is 5.91 Å². The Labute approximate surface area is 235 Å². The molecule has 1 saturated carbocycles. The highest BCUT2D eigenvalue weighted by Gasteiger charge is 2.64. The minimum atomic E-state index is -0.737. The van der Waals surface area contributed by atoms with Crippen LogP contribution in [-0.4, -0.2) is 59.8 Å². The molecule has 2 fully saturated rings. The molecule has 1 aliphatic heterocycles. The highest BCUT2D eigenvalue weighted by Crippen LogP contribution is 2.55. The lowest BCUT2D eigenvalue weighted by Crippen LogP contribution is -2.73. The molecule has 0 aromatic heterocycles. The fourth-order valence-electron chi connectivity index (χ4n) is 7.13. The van der Waals surface area contributed by atoms with E-state index in [0.29, 0.717) is 41.8 Å². The minimum Gasteiger partial charge on any atom is -0.508 e. The van der Waals surface area contributed by atoms with Crippen LogP contribution in [0.3, 0.4) is 0 Å². The number of benzene rings is 2. The zero-order valence-electron chi connectivity index (χ0n) is 22.7. The molecule has 0 bridgehead atoms. The van der Waals surface area contributed by atoms with Crippen LogP contribution in [0.5, 0.6) is 5.75 Å². The Kier molecular flexibility index (Phi) is 8.37. The van der Waals surface area contributed by atoms with E-state index < -0.39 is 11.0 Å². The Morgan fingerprint density at radius 2 is 1.92 bits per heavy atom. The number of nitrogens with one attached hydrogen (secondary N) is 1. The number of likely N-dealkylation sites (N-methyl/N-ethyl adjacent to an activating group) is 1. The quantitative estimate of drug-likeness (QED) is 0.338. The number of rotatable bonds is 7. The number of quaternary nitrogens is 1. The summed E-state index contributed by atoms with van der Waals surface area (Å²) in [5.41, 5.74) is 0.479. The summed E-state index contributed by atoms with van der Waals surface area (Å²) in [6.45, 7) is 8.53. The first-order valence-electron chi connectivity index (χ1n) is 13.4. The number of likely N-dealkylation sites (tertiary alicyclic amines) is 1. The lowest BCUT2D eigenvalue weighted by molar-refractivity contribution is -0.925. The van der Waals surface area contributed by atoms with Gasteiger partial charge in [-0.2, -0.15) is 0 Å². The largest absolute Gasteiger partial charge is 0.508 e. The van der Waals surface area contributed by atoms with Crippen molar-refractivity contribution in [1.82, 2.24) is 5.32 Å². The molecule has 1 heterocycles. The van der Waals surface area contributed by atoms with Gasteiger partial charge in [-0.1, -0.05) is 55.2 Å². The number of carbonyl (C=O) groups excluding carboxylic acids is 2. The zero-order chi connectivity index (χ0) is 27.7. The number of carbonyl (C=O) groups is 2. The number of ether oxygens (including phenoxy) is 1. The van der Waals surface area contributed by atoms with Crippen LogP contribution in [0.2, 0.25) is 10.0 Å². The molecule has 6 nitrogen and oxygen atoms in total. The van der Waals surface area contributed by atoms with E-state index >= 15 is 0 Å². The third kappa shape index (κ3) is 5.98. The first-order valence-corrected chi connectivity index (χ1v) is 14.2. The van der Waals surface area contributed by atoms with Crippen molar-refractivity contribution in [2.45, 2.75) is 69.9 Å². The summed E-state index contributed by atoms with van der Waals surface area (Å²) >= 11 is 12.2. The molecule has 8 heteroatoms. The van der Waals surface area contributed by atoms with Crippen LogP contribution in [0.1, 0.15) is 57.6 Å². The standard InChI is InChI=1S/C30H38Cl2N2O4/c1-20(2)18-34(4)13-12-29(23-6-5-7-25(36)16-23)17-24(10-11-30(29,19-34)38-21(3)35)33-28(37)15-22-8-9-26(31)27(32)14-22/h5-9,14,16,20,24H,10-13,15,17-19H2,1-4H3,(H-,33,36,37)/p+1/t24-,29+,30?,34-/m0/s1. The Bertz CT molecular complexity index is 1200. The molecule has 2 N–H and O–H groups in total. The van der Waals surface area contributed by atoms with Crippen LogP contribution < -0.4 is 5.32 Å². The van der Waals surface area contributed by atoms with Crippen LogP contribution in [0.15, 0.2) is 42.5 Å². The van der Waals surface area contributed by atoms with Gasteiger partial charge in [0.25, 0.3) is 0 Å². The normalized spacial score (nSPS) is 29.0. The van der Waals surface area contributed by atoms with E-state index in [1.807, 2.05) is 18.2 Å². The van der Waals surface area contributed by atoms with Crippen molar-refractivity contribution in [3.63, 3.8) is 0 Å². The first kappa shape index (κ1) is 28.7. The van der Waals surface area contributed by atoms with Gasteiger partial charge in [-0.25, -0.2) is 0 Å². The molecule has 4 rings (SSSR count).